The van der Waals surface area contributed by atoms with Crippen LogP contribution in [0.5, 0.6) is 23.0 Å². The van der Waals surface area contributed by atoms with E-state index in [1.165, 1.54) is 35.4 Å². The molecule has 2 atom stereocenters. The van der Waals surface area contributed by atoms with Gasteiger partial charge < -0.3 is 9.47 Å². The minimum Gasteiger partial charge on any atom is -0.457 e. The van der Waals surface area contributed by atoms with E-state index in [1.54, 1.807) is 24.3 Å². The van der Waals surface area contributed by atoms with Gasteiger partial charge in [-0.05, 0) is 90.8 Å². The summed E-state index contributed by atoms with van der Waals surface area (Å²) in [5.74, 6) is 3.41. The molecule has 1 aliphatic rings. The molecule has 1 saturated carbocycles. The first-order valence-corrected chi connectivity index (χ1v) is 12.5. The fourth-order valence-electron chi connectivity index (χ4n) is 4.96. The van der Waals surface area contributed by atoms with Crippen molar-refractivity contribution in [1.29, 1.82) is 0 Å². The average Bonchev–Trinajstić information content (AvgIpc) is 2.94. The second-order valence-corrected chi connectivity index (χ2v) is 9.40. The first-order valence-electron chi connectivity index (χ1n) is 12.5. The first kappa shape index (κ1) is 25.0. The van der Waals surface area contributed by atoms with E-state index in [9.17, 15) is 20.2 Å². The van der Waals surface area contributed by atoms with Gasteiger partial charge in [0.15, 0.2) is 0 Å². The Kier molecular flexibility index (Phi) is 7.31. The van der Waals surface area contributed by atoms with Crippen molar-refractivity contribution in [2.24, 2.45) is 0 Å². The Morgan fingerprint density at radius 2 is 0.842 bits per heavy atom. The van der Waals surface area contributed by atoms with Crippen LogP contribution < -0.4 is 9.47 Å². The number of hydrogen-bond acceptors (Lipinski definition) is 6. The number of nitro groups is 2. The van der Waals surface area contributed by atoms with E-state index in [-0.39, 0.29) is 11.4 Å². The van der Waals surface area contributed by atoms with Crippen LogP contribution in [0.2, 0.25) is 0 Å². The van der Waals surface area contributed by atoms with Crippen LogP contribution in [-0.4, -0.2) is 9.85 Å². The van der Waals surface area contributed by atoms with Gasteiger partial charge in [-0.15, -0.1) is 0 Å². The van der Waals surface area contributed by atoms with E-state index in [0.29, 0.717) is 34.8 Å². The monoisotopic (exact) mass is 510 g/mol. The molecule has 8 heteroatoms. The number of non-ortho nitro benzene ring substituents is 2. The van der Waals surface area contributed by atoms with Gasteiger partial charge in [0.25, 0.3) is 11.4 Å². The molecule has 5 rings (SSSR count). The van der Waals surface area contributed by atoms with Crippen molar-refractivity contribution in [3.8, 4) is 23.0 Å². The number of rotatable bonds is 8. The van der Waals surface area contributed by atoms with Crippen LogP contribution in [0.1, 0.15) is 48.6 Å². The van der Waals surface area contributed by atoms with Crippen molar-refractivity contribution in [3.63, 3.8) is 0 Å². The maximum Gasteiger partial charge on any atom is 0.269 e. The predicted molar refractivity (Wildman–Crippen MR) is 143 cm³/mol. The van der Waals surface area contributed by atoms with E-state index < -0.39 is 9.85 Å². The lowest BCUT2D eigenvalue weighted by Gasteiger charge is -2.30. The second kappa shape index (κ2) is 11.1. The topological polar surface area (TPSA) is 105 Å². The molecule has 0 aromatic heterocycles. The summed E-state index contributed by atoms with van der Waals surface area (Å²) in [7, 11) is 0. The smallest absolute Gasteiger partial charge is 0.269 e. The highest BCUT2D eigenvalue weighted by atomic mass is 16.6. The normalized spacial score (nSPS) is 16.9. The van der Waals surface area contributed by atoms with Gasteiger partial charge in [0.2, 0.25) is 0 Å². The third kappa shape index (κ3) is 5.98. The molecule has 4 aromatic carbocycles. The van der Waals surface area contributed by atoms with Crippen molar-refractivity contribution in [2.75, 3.05) is 0 Å². The van der Waals surface area contributed by atoms with Crippen LogP contribution in [0.4, 0.5) is 11.4 Å². The van der Waals surface area contributed by atoms with E-state index in [2.05, 4.69) is 24.3 Å². The summed E-state index contributed by atoms with van der Waals surface area (Å²) in [6.45, 7) is 0. The van der Waals surface area contributed by atoms with Crippen molar-refractivity contribution < 1.29 is 19.3 Å². The number of ether oxygens (including phenoxy) is 2. The van der Waals surface area contributed by atoms with Crippen LogP contribution in [0.15, 0.2) is 97.1 Å². The van der Waals surface area contributed by atoms with Gasteiger partial charge in [0.1, 0.15) is 23.0 Å². The molecule has 0 N–H and O–H groups in total. The zero-order valence-electron chi connectivity index (χ0n) is 20.6. The lowest BCUT2D eigenvalue weighted by Crippen LogP contribution is -2.13. The Balaban J connectivity index is 1.19. The Morgan fingerprint density at radius 1 is 0.526 bits per heavy atom. The summed E-state index contributed by atoms with van der Waals surface area (Å²) in [5, 5.41) is 21.6. The third-order valence-electron chi connectivity index (χ3n) is 6.94. The fraction of sp³-hybridized carbons (Fsp3) is 0.200. The molecule has 0 saturated heterocycles. The van der Waals surface area contributed by atoms with Gasteiger partial charge in [-0.25, -0.2) is 0 Å². The Morgan fingerprint density at radius 3 is 1.16 bits per heavy atom. The molecular weight excluding hydrogens is 484 g/mol. The largest absolute Gasteiger partial charge is 0.457 e. The Labute approximate surface area is 219 Å². The highest BCUT2D eigenvalue weighted by Gasteiger charge is 2.24. The maximum atomic E-state index is 10.8. The van der Waals surface area contributed by atoms with Crippen LogP contribution in [-0.2, 0) is 0 Å². The molecule has 0 radical (unpaired) electrons. The number of nitro benzene ring substituents is 2. The first-order chi connectivity index (χ1) is 18.4. The summed E-state index contributed by atoms with van der Waals surface area (Å²) in [6.07, 6.45) is 4.49. The lowest BCUT2D eigenvalue weighted by molar-refractivity contribution is -0.385. The summed E-state index contributed by atoms with van der Waals surface area (Å²) in [6, 6.07) is 28.3. The van der Waals surface area contributed by atoms with Crippen LogP contribution in [0.25, 0.3) is 0 Å². The van der Waals surface area contributed by atoms with Crippen LogP contribution in [0.3, 0.4) is 0 Å². The SMILES string of the molecule is O=[N+]([O-])c1ccc(Oc2ccc([C@@H]3CCC[C@H](c4ccc(Oc5ccc([N+](=O)[O-])cc5)cc4)C3)cc2)cc1. The van der Waals surface area contributed by atoms with Crippen molar-refractivity contribution >= 4 is 11.4 Å². The van der Waals surface area contributed by atoms with Crippen molar-refractivity contribution in [1.82, 2.24) is 0 Å². The Hall–Kier alpha value is -4.72. The van der Waals surface area contributed by atoms with Gasteiger partial charge in [-0.3, -0.25) is 20.2 Å². The molecule has 1 aliphatic carbocycles. The molecule has 0 amide bonds. The molecule has 8 nitrogen and oxygen atoms in total. The van der Waals surface area contributed by atoms with E-state index >= 15 is 0 Å². The van der Waals surface area contributed by atoms with E-state index in [1.807, 2.05) is 24.3 Å². The van der Waals surface area contributed by atoms with Gasteiger partial charge in [-0.1, -0.05) is 30.7 Å². The predicted octanol–water partition coefficient (Wildman–Crippen LogP) is 8.53. The zero-order valence-corrected chi connectivity index (χ0v) is 20.6. The summed E-state index contributed by atoms with van der Waals surface area (Å²) in [4.78, 5) is 20.8. The molecule has 0 unspecified atom stereocenters. The highest BCUT2D eigenvalue weighted by molar-refractivity contribution is 5.41. The van der Waals surface area contributed by atoms with Crippen molar-refractivity contribution in [3.05, 3.63) is 128 Å². The molecule has 1 fully saturated rings. The zero-order chi connectivity index (χ0) is 26.5. The quantitative estimate of drug-likeness (QED) is 0.174. The van der Waals surface area contributed by atoms with Crippen LogP contribution in [0, 0.1) is 20.2 Å². The standard InChI is InChI=1S/C30H26N2O6/c33-31(34)25-8-16-29(17-9-25)37-27-12-4-21(5-13-27)23-2-1-3-24(20-23)22-6-14-28(15-7-22)38-30-18-10-26(11-19-30)32(35)36/h4-19,23-24H,1-3,20H2/t23-,24+. The molecule has 38 heavy (non-hydrogen) atoms. The molecular formula is C30H26N2O6. The molecule has 4 aromatic rings. The molecule has 0 heterocycles. The minimum absolute atomic E-state index is 0.0335. The summed E-state index contributed by atoms with van der Waals surface area (Å²) in [5.41, 5.74) is 2.63. The minimum atomic E-state index is -0.430. The third-order valence-corrected chi connectivity index (χ3v) is 6.94. The maximum absolute atomic E-state index is 10.8. The van der Waals surface area contributed by atoms with Crippen LogP contribution >= 0.6 is 0 Å². The number of benzene rings is 4. The second-order valence-electron chi connectivity index (χ2n) is 9.40. The average molecular weight is 511 g/mol. The summed E-state index contributed by atoms with van der Waals surface area (Å²) < 4.78 is 11.7. The number of nitrogens with zero attached hydrogens (tertiary/aromatic N) is 2. The Bertz CT molecular complexity index is 1290. The van der Waals surface area contributed by atoms with Gasteiger partial charge in [-0.2, -0.15) is 0 Å². The molecule has 0 spiro atoms. The van der Waals surface area contributed by atoms with Gasteiger partial charge in [0.05, 0.1) is 9.85 Å². The molecule has 192 valence electrons. The van der Waals surface area contributed by atoms with Gasteiger partial charge in [0, 0.05) is 24.3 Å². The van der Waals surface area contributed by atoms with E-state index in [4.69, 9.17) is 9.47 Å². The molecule has 0 aliphatic heterocycles. The summed E-state index contributed by atoms with van der Waals surface area (Å²) >= 11 is 0. The fourth-order valence-corrected chi connectivity index (χ4v) is 4.96. The lowest BCUT2D eigenvalue weighted by atomic mass is 9.75. The molecule has 0 bridgehead atoms. The van der Waals surface area contributed by atoms with Gasteiger partial charge >= 0.3 is 0 Å². The highest BCUT2D eigenvalue weighted by Crippen LogP contribution is 2.42. The number of hydrogen-bond donors (Lipinski definition) is 0. The van der Waals surface area contributed by atoms with Crippen molar-refractivity contribution in [2.45, 2.75) is 37.5 Å². The van der Waals surface area contributed by atoms with E-state index in [0.717, 1.165) is 25.7 Å².